The number of hydrogen-bond donors (Lipinski definition) is 4. The molecule has 2 atom stereocenters. The summed E-state index contributed by atoms with van der Waals surface area (Å²) in [5, 5.41) is 14.8. The molecule has 12 nitrogen and oxygen atoms in total. The Labute approximate surface area is 279 Å². The van der Waals surface area contributed by atoms with Crippen LogP contribution in [0.4, 0.5) is 22.0 Å². The van der Waals surface area contributed by atoms with Crippen LogP contribution in [0.25, 0.3) is 10.8 Å². The van der Waals surface area contributed by atoms with Gasteiger partial charge in [-0.2, -0.15) is 0 Å². The molecule has 2 amide bonds. The van der Waals surface area contributed by atoms with Crippen LogP contribution < -0.4 is 16.4 Å². The van der Waals surface area contributed by atoms with Crippen molar-refractivity contribution in [3.05, 3.63) is 89.1 Å². The van der Waals surface area contributed by atoms with Crippen molar-refractivity contribution in [1.29, 1.82) is 0 Å². The maximum absolute atomic E-state index is 14.3. The highest BCUT2D eigenvalue weighted by Gasteiger charge is 2.38. The smallest absolute Gasteiger partial charge is 0.411 e. The maximum Gasteiger partial charge on any atom is 0.411 e. The zero-order chi connectivity index (χ0) is 34.7. The summed E-state index contributed by atoms with van der Waals surface area (Å²) in [5.74, 6) is -0.762. The average Bonchev–Trinajstić information content (AvgIpc) is 3.88. The van der Waals surface area contributed by atoms with Crippen molar-refractivity contribution in [2.24, 2.45) is 0 Å². The summed E-state index contributed by atoms with van der Waals surface area (Å²) >= 11 is 0. The molecule has 1 saturated carbocycles. The lowest BCUT2D eigenvalue weighted by Crippen LogP contribution is -2.35. The van der Waals surface area contributed by atoms with E-state index in [2.05, 4.69) is 15.6 Å². The number of nitrogens with one attached hydrogen (secondary N) is 2. The number of amides is 2. The fourth-order valence-electron chi connectivity index (χ4n) is 5.79. The average molecular weight is 674 g/mol. The van der Waals surface area contributed by atoms with Gasteiger partial charge >= 0.3 is 6.09 Å². The topological polar surface area (TPSA) is 181 Å². The van der Waals surface area contributed by atoms with Gasteiger partial charge in [0.25, 0.3) is 5.97 Å². The van der Waals surface area contributed by atoms with Crippen molar-refractivity contribution < 1.29 is 32.6 Å². The van der Waals surface area contributed by atoms with E-state index >= 15 is 0 Å². The number of carbonyl (C=O) groups excluding carboxylic acids is 2. The van der Waals surface area contributed by atoms with Gasteiger partial charge in [0.2, 0.25) is 5.91 Å². The minimum absolute atomic E-state index is 0.0108. The van der Waals surface area contributed by atoms with Crippen LogP contribution in [0.1, 0.15) is 60.9 Å². The van der Waals surface area contributed by atoms with E-state index in [1.165, 1.54) is 11.0 Å². The van der Waals surface area contributed by atoms with Crippen LogP contribution in [0.2, 0.25) is 0 Å². The molecule has 48 heavy (non-hydrogen) atoms. The SMILES string of the molecule is CC(=O)O.Cc1cc2ccc1[C@@H](C)COC(=O)Nc1ccc(S(=O)(=O)C3CC3)c(c1)CN(C)C(=O)[C@@H]2Nc1ccc2c(N)nccc2c1. The Morgan fingerprint density at radius 2 is 1.81 bits per heavy atom. The molecule has 0 spiro atoms. The van der Waals surface area contributed by atoms with Crippen molar-refractivity contribution >= 4 is 55.8 Å². The van der Waals surface area contributed by atoms with Gasteiger partial charge in [-0.15, -0.1) is 0 Å². The Hall–Kier alpha value is -5.17. The number of fused-ring (bicyclic) bond motifs is 10. The first kappa shape index (κ1) is 34.2. The molecule has 3 heterocycles. The van der Waals surface area contributed by atoms with E-state index < -0.39 is 33.2 Å². The molecule has 4 aromatic rings. The maximum atomic E-state index is 14.3. The number of nitrogen functional groups attached to an aromatic ring is 1. The summed E-state index contributed by atoms with van der Waals surface area (Å²) in [7, 11) is -1.94. The standard InChI is InChI=1S/C33H35N5O5S.C2H4O2/c1-19-14-22-4-9-27(19)20(2)18-43-33(40)37-25-6-11-29(44(41,42)26-7-8-26)23(16-25)17-38(3)32(39)30(22)36-24-5-10-28-21(15-24)12-13-35-31(28)34;1-2(3)4/h4-6,9-16,20,26,30,36H,7-8,17-18H2,1-3H3,(H2,34,35)(H,37,40);1H3,(H,3,4)/t20-,30+;/m0./s1. The molecule has 0 radical (unpaired) electrons. The van der Waals surface area contributed by atoms with Crippen LogP contribution in [-0.4, -0.2) is 60.3 Å². The Bertz CT molecular complexity index is 1990. The third-order valence-corrected chi connectivity index (χ3v) is 10.7. The number of likely N-dealkylation sites (N-methyl/N-ethyl adjacent to an activating group) is 1. The zero-order valence-corrected chi connectivity index (χ0v) is 28.0. The number of carbonyl (C=O) groups is 3. The van der Waals surface area contributed by atoms with Crippen molar-refractivity contribution in [3.63, 3.8) is 0 Å². The minimum Gasteiger partial charge on any atom is -0.481 e. The second-order valence-corrected chi connectivity index (χ2v) is 14.4. The Morgan fingerprint density at radius 1 is 1.08 bits per heavy atom. The number of hydrogen-bond acceptors (Lipinski definition) is 9. The van der Waals surface area contributed by atoms with Gasteiger partial charge in [-0.1, -0.05) is 25.1 Å². The van der Waals surface area contributed by atoms with E-state index in [9.17, 15) is 18.0 Å². The van der Waals surface area contributed by atoms with Crippen molar-refractivity contribution in [2.75, 3.05) is 30.0 Å². The van der Waals surface area contributed by atoms with E-state index in [-0.39, 0.29) is 29.9 Å². The largest absolute Gasteiger partial charge is 0.481 e. The highest BCUT2D eigenvalue weighted by atomic mass is 32.2. The van der Waals surface area contributed by atoms with Crippen molar-refractivity contribution in [2.45, 2.75) is 62.3 Å². The number of carboxylic acid groups (broad SMARTS) is 1. The minimum atomic E-state index is -3.59. The molecule has 252 valence electrons. The number of aryl methyl sites for hydroxylation is 1. The number of pyridine rings is 1. The number of anilines is 3. The molecule has 0 unspecified atom stereocenters. The first-order valence-electron chi connectivity index (χ1n) is 15.5. The normalized spacial score (nSPS) is 18.4. The number of aliphatic carboxylic acids is 1. The van der Waals surface area contributed by atoms with Gasteiger partial charge in [0, 0.05) is 49.4 Å². The molecule has 3 aliphatic rings. The number of aromatic nitrogens is 1. The highest BCUT2D eigenvalue weighted by Crippen LogP contribution is 2.37. The zero-order valence-electron chi connectivity index (χ0n) is 27.2. The van der Waals surface area contributed by atoms with Gasteiger partial charge in [0.05, 0.1) is 16.8 Å². The van der Waals surface area contributed by atoms with E-state index in [1.807, 2.05) is 56.3 Å². The number of nitrogens with zero attached hydrogens (tertiary/aromatic N) is 2. The van der Waals surface area contributed by atoms with E-state index in [0.717, 1.165) is 40.1 Å². The van der Waals surface area contributed by atoms with Gasteiger partial charge in [-0.25, -0.2) is 18.2 Å². The van der Waals surface area contributed by atoms with Gasteiger partial charge in [-0.3, -0.25) is 14.9 Å². The molecule has 7 rings (SSSR count). The van der Waals surface area contributed by atoms with E-state index in [4.69, 9.17) is 20.4 Å². The number of nitrogens with two attached hydrogens (primary N) is 1. The first-order chi connectivity index (χ1) is 22.7. The molecule has 13 heteroatoms. The Morgan fingerprint density at radius 3 is 2.50 bits per heavy atom. The molecule has 0 saturated heterocycles. The quantitative estimate of drug-likeness (QED) is 0.212. The highest BCUT2D eigenvalue weighted by molar-refractivity contribution is 7.92. The molecule has 3 aromatic carbocycles. The molecule has 1 fully saturated rings. The molecule has 5 N–H and O–H groups in total. The third kappa shape index (κ3) is 7.68. The second-order valence-electron chi connectivity index (χ2n) is 12.2. The molecule has 2 aliphatic heterocycles. The number of rotatable bonds is 4. The van der Waals surface area contributed by atoms with Crippen LogP contribution >= 0.6 is 0 Å². The lowest BCUT2D eigenvalue weighted by Gasteiger charge is -2.28. The van der Waals surface area contributed by atoms with Crippen molar-refractivity contribution in [1.82, 2.24) is 9.88 Å². The number of carboxylic acids is 1. The molecule has 4 bridgehead atoms. The number of ether oxygens (including phenoxy) is 1. The third-order valence-electron chi connectivity index (χ3n) is 8.34. The lowest BCUT2D eigenvalue weighted by atomic mass is 9.93. The predicted octanol–water partition coefficient (Wildman–Crippen LogP) is 5.63. The molecule has 1 aromatic heterocycles. The Balaban J connectivity index is 0.00000107. The summed E-state index contributed by atoms with van der Waals surface area (Å²) in [5.41, 5.74) is 10.3. The molecular weight excluding hydrogens is 634 g/mol. The molecule has 1 aliphatic carbocycles. The van der Waals surface area contributed by atoms with Crippen LogP contribution in [0.3, 0.4) is 0 Å². The van der Waals surface area contributed by atoms with Crippen LogP contribution in [0.5, 0.6) is 0 Å². The lowest BCUT2D eigenvalue weighted by molar-refractivity contribution is -0.134. The van der Waals surface area contributed by atoms with Crippen LogP contribution in [-0.2, 0) is 30.7 Å². The summed E-state index contributed by atoms with van der Waals surface area (Å²) in [6.07, 6.45) is 2.22. The monoisotopic (exact) mass is 673 g/mol. The summed E-state index contributed by atoms with van der Waals surface area (Å²) in [6.45, 7) is 5.18. The van der Waals surface area contributed by atoms with Crippen molar-refractivity contribution in [3.8, 4) is 0 Å². The fourth-order valence-corrected chi connectivity index (χ4v) is 7.65. The summed E-state index contributed by atoms with van der Waals surface area (Å²) in [4.78, 5) is 41.8. The number of benzene rings is 3. The predicted molar refractivity (Wildman–Crippen MR) is 184 cm³/mol. The van der Waals surface area contributed by atoms with E-state index in [1.54, 1.807) is 25.4 Å². The summed E-state index contributed by atoms with van der Waals surface area (Å²) < 4.78 is 32.3. The van der Waals surface area contributed by atoms with Gasteiger partial charge in [0.15, 0.2) is 9.84 Å². The first-order valence-corrected chi connectivity index (χ1v) is 17.1. The Kier molecular flexibility index (Phi) is 9.90. The fraction of sp³-hybridized carbons (Fsp3) is 0.314. The number of sulfone groups is 1. The summed E-state index contributed by atoms with van der Waals surface area (Å²) in [6, 6.07) is 17.2. The van der Waals surface area contributed by atoms with Gasteiger partial charge < -0.3 is 25.8 Å². The van der Waals surface area contributed by atoms with Crippen LogP contribution in [0.15, 0.2) is 71.8 Å². The molecular formula is C35H39N5O7S. The van der Waals surface area contributed by atoms with E-state index in [0.29, 0.717) is 29.9 Å². The van der Waals surface area contributed by atoms with Crippen LogP contribution in [0, 0.1) is 6.92 Å². The second kappa shape index (κ2) is 13.9. The van der Waals surface area contributed by atoms with Gasteiger partial charge in [0.1, 0.15) is 11.9 Å². The van der Waals surface area contributed by atoms with Gasteiger partial charge in [-0.05, 0) is 89.9 Å².